The van der Waals surface area contributed by atoms with Crippen LogP contribution >= 0.6 is 12.4 Å². The zero-order valence-electron chi connectivity index (χ0n) is 11.4. The van der Waals surface area contributed by atoms with Crippen molar-refractivity contribution in [1.82, 2.24) is 5.32 Å². The van der Waals surface area contributed by atoms with Crippen LogP contribution in [-0.4, -0.2) is 18.6 Å². The van der Waals surface area contributed by atoms with Gasteiger partial charge in [-0.25, -0.2) is 0 Å². The van der Waals surface area contributed by atoms with E-state index in [9.17, 15) is 4.79 Å². The number of amides is 1. The topological polar surface area (TPSA) is 64.3 Å². The van der Waals surface area contributed by atoms with Gasteiger partial charge in [0.25, 0.3) is 0 Å². The Kier molecular flexibility index (Phi) is 4.89. The zero-order chi connectivity index (χ0) is 13.2. The second kappa shape index (κ2) is 6.46. The number of halogens is 1. The molecule has 20 heavy (non-hydrogen) atoms. The van der Waals surface area contributed by atoms with Gasteiger partial charge >= 0.3 is 0 Å². The Morgan fingerprint density at radius 1 is 1.30 bits per heavy atom. The van der Waals surface area contributed by atoms with Crippen molar-refractivity contribution in [1.29, 1.82) is 0 Å². The first-order valence-corrected chi connectivity index (χ1v) is 7.04. The largest absolute Gasteiger partial charge is 0.399 e. The molecule has 3 rings (SSSR count). The van der Waals surface area contributed by atoms with E-state index in [2.05, 4.69) is 5.32 Å². The van der Waals surface area contributed by atoms with Gasteiger partial charge in [0.05, 0.1) is 6.04 Å². The number of hydrogen-bond donors (Lipinski definition) is 2. The first kappa shape index (κ1) is 15.1. The molecule has 0 saturated carbocycles. The SMILES string of the molecule is Cl.Nc1ccc2c(c1)CCCC2NC(=O)[C@H]1CCCO1. The summed E-state index contributed by atoms with van der Waals surface area (Å²) < 4.78 is 5.43. The van der Waals surface area contributed by atoms with E-state index in [4.69, 9.17) is 10.5 Å². The molecule has 4 nitrogen and oxygen atoms in total. The Balaban J connectivity index is 0.00000147. The van der Waals surface area contributed by atoms with E-state index in [1.54, 1.807) is 0 Å². The third kappa shape index (κ3) is 3.07. The lowest BCUT2D eigenvalue weighted by Gasteiger charge is -2.27. The van der Waals surface area contributed by atoms with Crippen LogP contribution in [0.5, 0.6) is 0 Å². The number of rotatable bonds is 2. The minimum atomic E-state index is -0.251. The Morgan fingerprint density at radius 2 is 2.15 bits per heavy atom. The standard InChI is InChI=1S/C15H20N2O2.ClH/c16-11-6-7-12-10(9-11)3-1-4-13(12)17-15(18)14-5-2-8-19-14;/h6-7,9,13-14H,1-5,8,16H2,(H,17,18);1H/t13?,14-;/m1./s1. The summed E-state index contributed by atoms with van der Waals surface area (Å²) in [5, 5.41) is 3.13. The molecule has 1 aromatic carbocycles. The van der Waals surface area contributed by atoms with Crippen LogP contribution < -0.4 is 11.1 Å². The minimum absolute atomic E-state index is 0. The van der Waals surface area contributed by atoms with Crippen molar-refractivity contribution in [3.8, 4) is 0 Å². The summed E-state index contributed by atoms with van der Waals surface area (Å²) in [5.74, 6) is 0.0344. The smallest absolute Gasteiger partial charge is 0.249 e. The second-order valence-corrected chi connectivity index (χ2v) is 5.41. The first-order chi connectivity index (χ1) is 9.24. The highest BCUT2D eigenvalue weighted by atomic mass is 35.5. The maximum atomic E-state index is 12.1. The number of nitrogens with two attached hydrogens (primary N) is 1. The van der Waals surface area contributed by atoms with Gasteiger partial charge in [0, 0.05) is 12.3 Å². The average molecular weight is 297 g/mol. The summed E-state index contributed by atoms with van der Waals surface area (Å²) >= 11 is 0. The van der Waals surface area contributed by atoms with Crippen LogP contribution in [0.1, 0.15) is 42.9 Å². The number of carbonyl (C=O) groups is 1. The molecule has 1 heterocycles. The quantitative estimate of drug-likeness (QED) is 0.824. The lowest BCUT2D eigenvalue weighted by molar-refractivity contribution is -0.130. The predicted octanol–water partition coefficient (Wildman–Crippen LogP) is 2.36. The maximum Gasteiger partial charge on any atom is 0.249 e. The van der Waals surface area contributed by atoms with Gasteiger partial charge in [-0.2, -0.15) is 0 Å². The Bertz CT molecular complexity index is 487. The summed E-state index contributed by atoms with van der Waals surface area (Å²) in [5.41, 5.74) is 9.10. The van der Waals surface area contributed by atoms with Crippen LogP contribution in [0.3, 0.4) is 0 Å². The molecule has 1 fully saturated rings. The van der Waals surface area contributed by atoms with Gasteiger partial charge in [0.2, 0.25) is 5.91 Å². The number of ether oxygens (including phenoxy) is 1. The molecular formula is C15H21ClN2O2. The minimum Gasteiger partial charge on any atom is -0.399 e. The van der Waals surface area contributed by atoms with Crippen molar-refractivity contribution in [2.75, 3.05) is 12.3 Å². The fraction of sp³-hybridized carbons (Fsp3) is 0.533. The monoisotopic (exact) mass is 296 g/mol. The summed E-state index contributed by atoms with van der Waals surface area (Å²) in [7, 11) is 0. The molecule has 5 heteroatoms. The molecule has 0 radical (unpaired) electrons. The molecule has 1 aliphatic carbocycles. The van der Waals surface area contributed by atoms with E-state index >= 15 is 0 Å². The molecule has 1 aromatic rings. The van der Waals surface area contributed by atoms with Crippen LogP contribution in [0.4, 0.5) is 5.69 Å². The van der Waals surface area contributed by atoms with Crippen molar-refractivity contribution < 1.29 is 9.53 Å². The summed E-state index contributed by atoms with van der Waals surface area (Å²) in [6.07, 6.45) is 4.71. The van der Waals surface area contributed by atoms with Gasteiger partial charge in [-0.3, -0.25) is 4.79 Å². The van der Waals surface area contributed by atoms with E-state index in [1.807, 2.05) is 18.2 Å². The van der Waals surface area contributed by atoms with Gasteiger partial charge in [-0.1, -0.05) is 6.07 Å². The number of nitrogen functional groups attached to an aromatic ring is 1. The van der Waals surface area contributed by atoms with Gasteiger partial charge in [0.1, 0.15) is 6.10 Å². The lowest BCUT2D eigenvalue weighted by Crippen LogP contribution is -2.38. The molecule has 2 atom stereocenters. The summed E-state index contributed by atoms with van der Waals surface area (Å²) in [6, 6.07) is 6.10. The zero-order valence-corrected chi connectivity index (χ0v) is 12.2. The highest BCUT2D eigenvalue weighted by Crippen LogP contribution is 2.31. The number of carbonyl (C=O) groups excluding carboxylic acids is 1. The van der Waals surface area contributed by atoms with E-state index in [0.717, 1.165) is 37.8 Å². The number of nitrogens with one attached hydrogen (secondary N) is 1. The Labute approximate surface area is 125 Å². The van der Waals surface area contributed by atoms with Crippen LogP contribution in [0.15, 0.2) is 18.2 Å². The molecule has 110 valence electrons. The predicted molar refractivity (Wildman–Crippen MR) is 80.9 cm³/mol. The fourth-order valence-corrected chi connectivity index (χ4v) is 3.03. The van der Waals surface area contributed by atoms with E-state index in [1.165, 1.54) is 11.1 Å². The average Bonchev–Trinajstić information content (AvgIpc) is 2.92. The molecule has 0 bridgehead atoms. The van der Waals surface area contributed by atoms with Crippen LogP contribution in [-0.2, 0) is 16.0 Å². The number of hydrogen-bond acceptors (Lipinski definition) is 3. The van der Waals surface area contributed by atoms with Crippen molar-refractivity contribution >= 4 is 24.0 Å². The first-order valence-electron chi connectivity index (χ1n) is 7.04. The van der Waals surface area contributed by atoms with Crippen LogP contribution in [0.2, 0.25) is 0 Å². The van der Waals surface area contributed by atoms with Crippen molar-refractivity contribution in [3.05, 3.63) is 29.3 Å². The van der Waals surface area contributed by atoms with E-state index in [-0.39, 0.29) is 30.5 Å². The van der Waals surface area contributed by atoms with Crippen molar-refractivity contribution in [2.45, 2.75) is 44.2 Å². The number of fused-ring (bicyclic) bond motifs is 1. The molecule has 0 spiro atoms. The van der Waals surface area contributed by atoms with Crippen molar-refractivity contribution in [2.24, 2.45) is 0 Å². The lowest BCUT2D eigenvalue weighted by atomic mass is 9.87. The maximum absolute atomic E-state index is 12.1. The summed E-state index contributed by atoms with van der Waals surface area (Å²) in [6.45, 7) is 0.704. The Hall–Kier alpha value is -1.26. The second-order valence-electron chi connectivity index (χ2n) is 5.41. The normalized spacial score (nSPS) is 24.6. The van der Waals surface area contributed by atoms with Gasteiger partial charge in [-0.15, -0.1) is 12.4 Å². The molecular weight excluding hydrogens is 276 g/mol. The molecule has 1 amide bonds. The highest BCUT2D eigenvalue weighted by molar-refractivity contribution is 5.85. The fourth-order valence-electron chi connectivity index (χ4n) is 3.03. The molecule has 3 N–H and O–H groups in total. The molecule has 2 aliphatic rings. The molecule has 0 aromatic heterocycles. The summed E-state index contributed by atoms with van der Waals surface area (Å²) in [4.78, 5) is 12.1. The van der Waals surface area contributed by atoms with E-state index in [0.29, 0.717) is 6.61 Å². The molecule has 1 saturated heterocycles. The van der Waals surface area contributed by atoms with Gasteiger partial charge in [-0.05, 0) is 55.4 Å². The third-order valence-corrected chi connectivity index (χ3v) is 4.02. The van der Waals surface area contributed by atoms with Crippen molar-refractivity contribution in [3.63, 3.8) is 0 Å². The third-order valence-electron chi connectivity index (χ3n) is 4.02. The molecule has 1 unspecified atom stereocenters. The van der Waals surface area contributed by atoms with E-state index < -0.39 is 0 Å². The van der Waals surface area contributed by atoms with Gasteiger partial charge in [0.15, 0.2) is 0 Å². The number of benzene rings is 1. The molecule has 1 aliphatic heterocycles. The number of aryl methyl sites for hydroxylation is 1. The van der Waals surface area contributed by atoms with Crippen LogP contribution in [0.25, 0.3) is 0 Å². The Morgan fingerprint density at radius 3 is 2.90 bits per heavy atom. The highest BCUT2D eigenvalue weighted by Gasteiger charge is 2.28. The number of anilines is 1. The van der Waals surface area contributed by atoms with Crippen LogP contribution in [0, 0.1) is 0 Å². The van der Waals surface area contributed by atoms with Gasteiger partial charge < -0.3 is 15.8 Å².